The summed E-state index contributed by atoms with van der Waals surface area (Å²) < 4.78 is 61.5. The van der Waals surface area contributed by atoms with Crippen molar-refractivity contribution in [3.05, 3.63) is 28.3 Å². The van der Waals surface area contributed by atoms with Crippen LogP contribution in [0.3, 0.4) is 0 Å². The lowest BCUT2D eigenvalue weighted by Crippen LogP contribution is -2.09. The highest BCUT2D eigenvalue weighted by atomic mass is 35.5. The van der Waals surface area contributed by atoms with Crippen LogP contribution in [0.1, 0.15) is 0 Å². The summed E-state index contributed by atoms with van der Waals surface area (Å²) in [6.07, 6.45) is -0.291. The van der Waals surface area contributed by atoms with Crippen molar-refractivity contribution in [1.29, 1.82) is 0 Å². The van der Waals surface area contributed by atoms with Gasteiger partial charge in [-0.15, -0.1) is 0 Å². The Morgan fingerprint density at radius 1 is 1.12 bits per heavy atom. The van der Waals surface area contributed by atoms with Crippen molar-refractivity contribution < 1.29 is 27.0 Å². The molecule has 1 aliphatic heterocycles. The van der Waals surface area contributed by atoms with E-state index < -0.39 is 34.0 Å². The molecule has 1 aliphatic rings. The Hall–Kier alpha value is -1.01. The minimum absolute atomic E-state index is 0.172. The van der Waals surface area contributed by atoms with Gasteiger partial charge in [-0.25, -0.2) is 8.78 Å². The maximum absolute atomic E-state index is 13.1. The first-order chi connectivity index (χ1) is 7.52. The van der Waals surface area contributed by atoms with Gasteiger partial charge in [-0.2, -0.15) is 8.78 Å². The lowest BCUT2D eigenvalue weighted by molar-refractivity contribution is 0.236. The number of rotatable bonds is 3. The monoisotopic (exact) mass is 256 g/mol. The molecule has 0 radical (unpaired) electrons. The van der Waals surface area contributed by atoms with E-state index in [0.717, 1.165) is 0 Å². The predicted octanol–water partition coefficient (Wildman–Crippen LogP) is 2.67. The summed E-state index contributed by atoms with van der Waals surface area (Å²) in [5, 5.41) is -1.23. The number of epoxide rings is 1. The summed E-state index contributed by atoms with van der Waals surface area (Å²) in [4.78, 5) is 0. The van der Waals surface area contributed by atoms with Gasteiger partial charge in [0.1, 0.15) is 17.7 Å². The molecule has 0 saturated carbocycles. The molecule has 1 aromatic carbocycles. The molecule has 1 fully saturated rings. The second-order valence-corrected chi connectivity index (χ2v) is 3.54. The van der Waals surface area contributed by atoms with Crippen molar-refractivity contribution in [2.75, 3.05) is 13.2 Å². The Morgan fingerprint density at radius 2 is 1.62 bits per heavy atom. The van der Waals surface area contributed by atoms with Gasteiger partial charge >= 0.3 is 0 Å². The standard InChI is InChI=1S/C9H5ClF4O2/c10-4-5(11)7(13)9(8(14)6(4)12)16-2-3-1-15-3/h3H,1-2H2. The Labute approximate surface area is 92.7 Å². The molecule has 0 bridgehead atoms. The van der Waals surface area contributed by atoms with E-state index in [-0.39, 0.29) is 12.7 Å². The van der Waals surface area contributed by atoms with E-state index in [9.17, 15) is 17.6 Å². The third-order valence-corrected chi connectivity index (χ3v) is 2.32. The van der Waals surface area contributed by atoms with Gasteiger partial charge in [0.15, 0.2) is 17.4 Å². The Balaban J connectivity index is 2.34. The van der Waals surface area contributed by atoms with Gasteiger partial charge in [0.25, 0.3) is 0 Å². The van der Waals surface area contributed by atoms with Crippen LogP contribution in [0, 0.1) is 23.3 Å². The van der Waals surface area contributed by atoms with E-state index in [2.05, 4.69) is 4.74 Å². The molecule has 0 aliphatic carbocycles. The fraction of sp³-hybridized carbons (Fsp3) is 0.333. The maximum atomic E-state index is 13.1. The number of ether oxygens (including phenoxy) is 2. The zero-order valence-corrected chi connectivity index (χ0v) is 8.45. The molecular weight excluding hydrogens is 252 g/mol. The van der Waals surface area contributed by atoms with Gasteiger partial charge in [-0.05, 0) is 0 Å². The van der Waals surface area contributed by atoms with Gasteiger partial charge in [0.05, 0.1) is 6.61 Å². The molecule has 88 valence electrons. The molecule has 0 spiro atoms. The minimum Gasteiger partial charge on any atom is -0.485 e. The second-order valence-electron chi connectivity index (χ2n) is 3.17. The smallest absolute Gasteiger partial charge is 0.205 e. The summed E-state index contributed by atoms with van der Waals surface area (Å²) in [6, 6.07) is 0. The minimum atomic E-state index is -1.67. The Bertz CT molecular complexity index is 405. The SMILES string of the molecule is Fc1c(F)c(OCC2CO2)c(F)c(F)c1Cl. The van der Waals surface area contributed by atoms with Crippen molar-refractivity contribution in [3.8, 4) is 5.75 Å². The van der Waals surface area contributed by atoms with Crippen molar-refractivity contribution in [1.82, 2.24) is 0 Å². The van der Waals surface area contributed by atoms with Crippen LogP contribution in [0.4, 0.5) is 17.6 Å². The average molecular weight is 257 g/mol. The van der Waals surface area contributed by atoms with E-state index >= 15 is 0 Å². The molecule has 0 aromatic heterocycles. The average Bonchev–Trinajstić information content (AvgIpc) is 3.07. The third-order valence-electron chi connectivity index (χ3n) is 1.99. The molecular formula is C9H5ClF4O2. The van der Waals surface area contributed by atoms with Crippen LogP contribution >= 0.6 is 11.6 Å². The van der Waals surface area contributed by atoms with Crippen LogP contribution in [-0.2, 0) is 4.74 Å². The Kier molecular flexibility index (Phi) is 2.94. The summed E-state index contributed by atoms with van der Waals surface area (Å²) in [7, 11) is 0. The van der Waals surface area contributed by atoms with Crippen molar-refractivity contribution in [2.45, 2.75) is 6.10 Å². The molecule has 2 nitrogen and oxygen atoms in total. The van der Waals surface area contributed by atoms with Gasteiger partial charge < -0.3 is 9.47 Å². The van der Waals surface area contributed by atoms with Crippen molar-refractivity contribution >= 4 is 11.6 Å². The summed E-state index contributed by atoms with van der Waals surface area (Å²) in [5.74, 6) is -7.76. The lowest BCUT2D eigenvalue weighted by atomic mass is 10.3. The molecule has 0 N–H and O–H groups in total. The van der Waals surface area contributed by atoms with Crippen molar-refractivity contribution in [3.63, 3.8) is 0 Å². The summed E-state index contributed by atoms with van der Waals surface area (Å²) in [5.41, 5.74) is 0. The Morgan fingerprint density at radius 3 is 2.06 bits per heavy atom. The van der Waals surface area contributed by atoms with Crippen LogP contribution in [0.5, 0.6) is 5.75 Å². The van der Waals surface area contributed by atoms with Crippen LogP contribution in [0.15, 0.2) is 0 Å². The molecule has 1 atom stereocenters. The van der Waals surface area contributed by atoms with Crippen LogP contribution < -0.4 is 4.74 Å². The first kappa shape index (κ1) is 11.5. The number of hydrogen-bond acceptors (Lipinski definition) is 2. The predicted molar refractivity (Wildman–Crippen MR) is 46.5 cm³/mol. The highest BCUT2D eigenvalue weighted by Crippen LogP contribution is 2.33. The summed E-state index contributed by atoms with van der Waals surface area (Å²) in [6.45, 7) is 0.218. The largest absolute Gasteiger partial charge is 0.485 e. The van der Waals surface area contributed by atoms with Crippen molar-refractivity contribution in [2.24, 2.45) is 0 Å². The zero-order valence-electron chi connectivity index (χ0n) is 7.70. The third kappa shape index (κ3) is 1.94. The van der Waals surface area contributed by atoms with E-state index in [4.69, 9.17) is 16.3 Å². The second kappa shape index (κ2) is 4.10. The van der Waals surface area contributed by atoms with E-state index in [1.807, 2.05) is 0 Å². The number of hydrogen-bond donors (Lipinski definition) is 0. The maximum Gasteiger partial charge on any atom is 0.205 e. The first-order valence-electron chi connectivity index (χ1n) is 4.28. The molecule has 1 aromatic rings. The fourth-order valence-corrected chi connectivity index (χ4v) is 1.22. The van der Waals surface area contributed by atoms with Gasteiger partial charge in [0, 0.05) is 0 Å². The van der Waals surface area contributed by atoms with E-state index in [0.29, 0.717) is 6.61 Å². The fourth-order valence-electron chi connectivity index (χ4n) is 1.05. The number of benzene rings is 1. The first-order valence-corrected chi connectivity index (χ1v) is 4.66. The van der Waals surface area contributed by atoms with Gasteiger partial charge in [0.2, 0.25) is 11.6 Å². The lowest BCUT2D eigenvalue weighted by Gasteiger charge is -2.09. The molecule has 2 rings (SSSR count). The molecule has 7 heteroatoms. The quantitative estimate of drug-likeness (QED) is 0.359. The van der Waals surface area contributed by atoms with Crippen LogP contribution in [-0.4, -0.2) is 19.3 Å². The molecule has 1 unspecified atom stereocenters. The highest BCUT2D eigenvalue weighted by Gasteiger charge is 2.29. The molecule has 1 heterocycles. The van der Waals surface area contributed by atoms with Crippen LogP contribution in [0.25, 0.3) is 0 Å². The number of halogens is 5. The molecule has 0 amide bonds. The normalized spacial score (nSPS) is 18.7. The van der Waals surface area contributed by atoms with Gasteiger partial charge in [-0.3, -0.25) is 0 Å². The zero-order chi connectivity index (χ0) is 11.9. The van der Waals surface area contributed by atoms with E-state index in [1.165, 1.54) is 0 Å². The molecule has 16 heavy (non-hydrogen) atoms. The topological polar surface area (TPSA) is 21.8 Å². The van der Waals surface area contributed by atoms with Gasteiger partial charge in [-0.1, -0.05) is 11.6 Å². The van der Waals surface area contributed by atoms with Crippen LogP contribution in [0.2, 0.25) is 5.02 Å². The summed E-state index contributed by atoms with van der Waals surface area (Å²) >= 11 is 5.02. The molecule has 1 saturated heterocycles. The van der Waals surface area contributed by atoms with E-state index in [1.54, 1.807) is 0 Å². The highest BCUT2D eigenvalue weighted by molar-refractivity contribution is 6.30.